The molecule has 19 heavy (non-hydrogen) atoms. The second-order valence-corrected chi connectivity index (χ2v) is 4.74. The van der Waals surface area contributed by atoms with Crippen LogP contribution in [-0.2, 0) is 20.8 Å². The number of amides is 3. The molecular weight excluding hydrogens is 244 g/mol. The lowest BCUT2D eigenvalue weighted by atomic mass is 10.0. The van der Waals surface area contributed by atoms with Gasteiger partial charge in [-0.3, -0.25) is 19.7 Å². The molecule has 2 N–H and O–H groups in total. The quantitative estimate of drug-likeness (QED) is 0.775. The maximum absolute atomic E-state index is 11.8. The third-order valence-electron chi connectivity index (χ3n) is 3.02. The molecule has 0 aromatic heterocycles. The van der Waals surface area contributed by atoms with Crippen molar-refractivity contribution in [3.05, 3.63) is 35.4 Å². The third-order valence-corrected chi connectivity index (χ3v) is 3.02. The zero-order valence-electron chi connectivity index (χ0n) is 10.7. The minimum Gasteiger partial charge on any atom is -0.344 e. The van der Waals surface area contributed by atoms with Gasteiger partial charge in [-0.2, -0.15) is 0 Å². The molecule has 3 amide bonds. The lowest BCUT2D eigenvalue weighted by molar-refractivity contribution is -0.137. The molecule has 1 aliphatic heterocycles. The summed E-state index contributed by atoms with van der Waals surface area (Å²) < 4.78 is 0. The summed E-state index contributed by atoms with van der Waals surface area (Å²) in [5, 5.41) is 4.87. The number of piperidine rings is 1. The average Bonchev–Trinajstić information content (AvgIpc) is 2.33. The van der Waals surface area contributed by atoms with E-state index >= 15 is 0 Å². The van der Waals surface area contributed by atoms with E-state index in [2.05, 4.69) is 10.6 Å². The van der Waals surface area contributed by atoms with Gasteiger partial charge in [-0.1, -0.05) is 29.8 Å². The van der Waals surface area contributed by atoms with Crippen molar-refractivity contribution in [2.75, 3.05) is 0 Å². The summed E-state index contributed by atoms with van der Waals surface area (Å²) >= 11 is 0. The van der Waals surface area contributed by atoms with Crippen LogP contribution in [0.15, 0.2) is 24.3 Å². The predicted octanol–water partition coefficient (Wildman–Crippen LogP) is 0.459. The first kappa shape index (κ1) is 13.3. The lowest BCUT2D eigenvalue weighted by Crippen LogP contribution is -2.52. The Hall–Kier alpha value is -2.17. The fraction of sp³-hybridized carbons (Fsp3) is 0.357. The highest BCUT2D eigenvalue weighted by atomic mass is 16.2. The van der Waals surface area contributed by atoms with Crippen molar-refractivity contribution in [1.82, 2.24) is 10.6 Å². The van der Waals surface area contributed by atoms with E-state index in [1.807, 2.05) is 31.2 Å². The van der Waals surface area contributed by atoms with Crippen molar-refractivity contribution >= 4 is 17.7 Å². The summed E-state index contributed by atoms with van der Waals surface area (Å²) in [4.78, 5) is 34.3. The van der Waals surface area contributed by atoms with Crippen molar-refractivity contribution in [3.8, 4) is 0 Å². The molecule has 0 aliphatic carbocycles. The summed E-state index contributed by atoms with van der Waals surface area (Å²) in [6.45, 7) is 1.96. The molecule has 0 bridgehead atoms. The molecule has 0 spiro atoms. The number of hydrogen-bond acceptors (Lipinski definition) is 3. The monoisotopic (exact) mass is 260 g/mol. The van der Waals surface area contributed by atoms with E-state index < -0.39 is 11.9 Å². The first-order chi connectivity index (χ1) is 9.04. The van der Waals surface area contributed by atoms with Crippen LogP contribution >= 0.6 is 0 Å². The van der Waals surface area contributed by atoms with Crippen LogP contribution in [0.2, 0.25) is 0 Å². The smallest absolute Gasteiger partial charge is 0.249 e. The van der Waals surface area contributed by atoms with Crippen LogP contribution in [0.3, 0.4) is 0 Å². The number of imide groups is 1. The molecule has 0 saturated carbocycles. The number of rotatable bonds is 3. The van der Waals surface area contributed by atoms with Gasteiger partial charge in [0.2, 0.25) is 17.7 Å². The van der Waals surface area contributed by atoms with Crippen LogP contribution in [0.1, 0.15) is 24.0 Å². The average molecular weight is 260 g/mol. The highest BCUT2D eigenvalue weighted by Crippen LogP contribution is 2.07. The van der Waals surface area contributed by atoms with Crippen LogP contribution in [0.4, 0.5) is 0 Å². The summed E-state index contributed by atoms with van der Waals surface area (Å²) in [5.41, 5.74) is 2.00. The van der Waals surface area contributed by atoms with Gasteiger partial charge in [0.25, 0.3) is 0 Å². The molecular formula is C14H16N2O3. The van der Waals surface area contributed by atoms with Crippen molar-refractivity contribution in [1.29, 1.82) is 0 Å². The maximum Gasteiger partial charge on any atom is 0.249 e. The van der Waals surface area contributed by atoms with Crippen molar-refractivity contribution in [2.45, 2.75) is 32.2 Å². The van der Waals surface area contributed by atoms with Crippen LogP contribution in [0.25, 0.3) is 0 Å². The van der Waals surface area contributed by atoms with Gasteiger partial charge in [-0.25, -0.2) is 0 Å². The van der Waals surface area contributed by atoms with Crippen LogP contribution in [-0.4, -0.2) is 23.8 Å². The predicted molar refractivity (Wildman–Crippen MR) is 69.2 cm³/mol. The topological polar surface area (TPSA) is 75.3 Å². The number of benzene rings is 1. The molecule has 1 aromatic rings. The molecule has 2 rings (SSSR count). The first-order valence-corrected chi connectivity index (χ1v) is 6.23. The van der Waals surface area contributed by atoms with Gasteiger partial charge in [-0.15, -0.1) is 0 Å². The van der Waals surface area contributed by atoms with Gasteiger partial charge in [0.05, 0.1) is 6.42 Å². The molecule has 1 heterocycles. The number of hydrogen-bond donors (Lipinski definition) is 2. The van der Waals surface area contributed by atoms with E-state index in [4.69, 9.17) is 0 Å². The van der Waals surface area contributed by atoms with Gasteiger partial charge in [0.1, 0.15) is 6.04 Å². The largest absolute Gasteiger partial charge is 0.344 e. The zero-order chi connectivity index (χ0) is 13.8. The fourth-order valence-electron chi connectivity index (χ4n) is 2.08. The Bertz CT molecular complexity index is 525. The standard InChI is InChI=1S/C14H16N2O3/c1-9-3-2-4-10(7-9)8-13(18)15-11-5-6-12(17)16-14(11)19/h2-4,7,11H,5-6,8H2,1H3,(H,15,18)(H,16,17,19). The summed E-state index contributed by atoms with van der Waals surface area (Å²) in [6, 6.07) is 7.06. The minimum absolute atomic E-state index is 0.208. The molecule has 1 fully saturated rings. The summed E-state index contributed by atoms with van der Waals surface area (Å²) in [7, 11) is 0. The van der Waals surface area contributed by atoms with Crippen molar-refractivity contribution in [2.24, 2.45) is 0 Å². The van der Waals surface area contributed by atoms with Crippen LogP contribution < -0.4 is 10.6 Å². The molecule has 5 heteroatoms. The lowest BCUT2D eigenvalue weighted by Gasteiger charge is -2.21. The Morgan fingerprint density at radius 2 is 2.21 bits per heavy atom. The Kier molecular flexibility index (Phi) is 3.94. The SMILES string of the molecule is Cc1cccc(CC(=O)NC2CCC(=O)NC2=O)c1. The zero-order valence-corrected chi connectivity index (χ0v) is 10.7. The van der Waals surface area contributed by atoms with E-state index in [1.165, 1.54) is 0 Å². The number of aryl methyl sites for hydroxylation is 1. The summed E-state index contributed by atoms with van der Waals surface area (Å²) in [6.07, 6.45) is 0.866. The highest BCUT2D eigenvalue weighted by Gasteiger charge is 2.27. The van der Waals surface area contributed by atoms with Gasteiger partial charge < -0.3 is 5.32 Å². The number of carbonyl (C=O) groups excluding carboxylic acids is 3. The Morgan fingerprint density at radius 1 is 1.42 bits per heavy atom. The van der Waals surface area contributed by atoms with Gasteiger partial charge >= 0.3 is 0 Å². The molecule has 1 saturated heterocycles. The molecule has 0 radical (unpaired) electrons. The Morgan fingerprint density at radius 3 is 2.89 bits per heavy atom. The maximum atomic E-state index is 11.8. The van der Waals surface area contributed by atoms with Gasteiger partial charge in [-0.05, 0) is 18.9 Å². The Balaban J connectivity index is 1.91. The number of carbonyl (C=O) groups is 3. The summed E-state index contributed by atoms with van der Waals surface area (Å²) in [5.74, 6) is -0.914. The van der Waals surface area contributed by atoms with Crippen molar-refractivity contribution < 1.29 is 14.4 Å². The molecule has 1 aliphatic rings. The third kappa shape index (κ3) is 3.64. The van der Waals surface area contributed by atoms with E-state index in [-0.39, 0.29) is 24.7 Å². The van der Waals surface area contributed by atoms with E-state index in [0.717, 1.165) is 11.1 Å². The van der Waals surface area contributed by atoms with Gasteiger partial charge in [0.15, 0.2) is 0 Å². The van der Waals surface area contributed by atoms with Gasteiger partial charge in [0, 0.05) is 6.42 Å². The first-order valence-electron chi connectivity index (χ1n) is 6.23. The molecule has 1 atom stereocenters. The molecule has 5 nitrogen and oxygen atoms in total. The number of nitrogens with one attached hydrogen (secondary N) is 2. The van der Waals surface area contributed by atoms with E-state index in [1.54, 1.807) is 0 Å². The van der Waals surface area contributed by atoms with Crippen LogP contribution in [0.5, 0.6) is 0 Å². The Labute approximate surface area is 111 Å². The molecule has 1 aromatic carbocycles. The second-order valence-electron chi connectivity index (χ2n) is 4.74. The van der Waals surface area contributed by atoms with E-state index in [0.29, 0.717) is 6.42 Å². The highest BCUT2D eigenvalue weighted by molar-refractivity contribution is 6.01. The second kappa shape index (κ2) is 5.65. The van der Waals surface area contributed by atoms with Crippen LogP contribution in [0, 0.1) is 6.92 Å². The normalized spacial score (nSPS) is 18.9. The molecule has 1 unspecified atom stereocenters. The molecule has 100 valence electrons. The fourth-order valence-corrected chi connectivity index (χ4v) is 2.08. The van der Waals surface area contributed by atoms with E-state index in [9.17, 15) is 14.4 Å². The van der Waals surface area contributed by atoms with Crippen molar-refractivity contribution in [3.63, 3.8) is 0 Å². The minimum atomic E-state index is -0.602.